The number of rotatable bonds is 7. The van der Waals surface area contributed by atoms with Crippen LogP contribution in [0.15, 0.2) is 54.2 Å². The molecule has 0 saturated heterocycles. The Morgan fingerprint density at radius 1 is 1.21 bits per heavy atom. The zero-order valence-electron chi connectivity index (χ0n) is 18.7. The maximum absolute atomic E-state index is 12.3. The first-order valence-electron chi connectivity index (χ1n) is 11.1. The Hall–Kier alpha value is -3.95. The van der Waals surface area contributed by atoms with Crippen LogP contribution in [0.3, 0.4) is 0 Å². The monoisotopic (exact) mass is 456 g/mol. The lowest BCUT2D eigenvalue weighted by Gasteiger charge is -2.15. The predicted octanol–water partition coefficient (Wildman–Crippen LogP) is 2.88. The summed E-state index contributed by atoms with van der Waals surface area (Å²) in [4.78, 5) is 26.5. The molecule has 4 aromatic rings. The summed E-state index contributed by atoms with van der Waals surface area (Å²) in [5.74, 6) is -0.360. The third-order valence-corrected chi connectivity index (χ3v) is 5.81. The molecule has 3 heterocycles. The van der Waals surface area contributed by atoms with Crippen molar-refractivity contribution >= 4 is 23.1 Å². The fourth-order valence-electron chi connectivity index (χ4n) is 4.09. The van der Waals surface area contributed by atoms with Crippen molar-refractivity contribution in [2.24, 2.45) is 0 Å². The van der Waals surface area contributed by atoms with E-state index in [1.54, 1.807) is 6.07 Å². The molecule has 5 rings (SSSR count). The van der Waals surface area contributed by atoms with E-state index in [2.05, 4.69) is 32.9 Å². The smallest absolute Gasteiger partial charge is 0.275 e. The summed E-state index contributed by atoms with van der Waals surface area (Å²) < 4.78 is 1.83. The number of carbonyl (C=O) groups excluding carboxylic acids is 1. The fourth-order valence-corrected chi connectivity index (χ4v) is 4.09. The van der Waals surface area contributed by atoms with Gasteiger partial charge in [0, 0.05) is 23.0 Å². The standard InChI is InChI=1S/C25H24N6O3/c1-16-13-19(5-6-20(16)25(33)29-34-12-11-32)22-8-9-23-24(27-22)31(30-28-23)15-17-4-7-21-18(14-17)3-2-10-26-21/h2-3,5-6,8-10,13-14,32H,4,7,11-12,15H2,1H3,(H,29,33). The minimum absolute atomic E-state index is 0.0365. The lowest BCUT2D eigenvalue weighted by Crippen LogP contribution is -2.25. The highest BCUT2D eigenvalue weighted by Gasteiger charge is 2.15. The second-order valence-corrected chi connectivity index (χ2v) is 8.16. The molecular formula is C25H24N6O3. The Balaban J connectivity index is 1.40. The molecule has 9 nitrogen and oxygen atoms in total. The number of hydroxylamine groups is 1. The van der Waals surface area contributed by atoms with Crippen LogP contribution in [0, 0.1) is 6.92 Å². The van der Waals surface area contributed by atoms with E-state index < -0.39 is 0 Å². The Kier molecular flexibility index (Phi) is 6.11. The molecule has 0 aliphatic heterocycles. The first-order valence-corrected chi connectivity index (χ1v) is 11.1. The number of hydrogen-bond donors (Lipinski definition) is 2. The van der Waals surface area contributed by atoms with Crippen molar-refractivity contribution in [3.8, 4) is 11.3 Å². The van der Waals surface area contributed by atoms with Crippen LogP contribution in [0.25, 0.3) is 28.5 Å². The van der Waals surface area contributed by atoms with Crippen molar-refractivity contribution < 1.29 is 14.7 Å². The SMILES string of the molecule is Cc1cc(-c2ccc3nnn(CC4=Cc5cccnc5CC4)c3n2)ccc1C(=O)NOCCO. The van der Waals surface area contributed by atoms with Gasteiger partial charge in [-0.3, -0.25) is 14.6 Å². The summed E-state index contributed by atoms with van der Waals surface area (Å²) in [6, 6.07) is 13.4. The first-order chi connectivity index (χ1) is 16.6. The number of nitrogens with zero attached hydrogens (tertiary/aromatic N) is 5. The van der Waals surface area contributed by atoms with E-state index in [9.17, 15) is 4.79 Å². The molecule has 0 radical (unpaired) electrons. The van der Waals surface area contributed by atoms with E-state index in [-0.39, 0.29) is 19.1 Å². The number of aromatic nitrogens is 5. The van der Waals surface area contributed by atoms with Gasteiger partial charge in [-0.1, -0.05) is 23.4 Å². The predicted molar refractivity (Wildman–Crippen MR) is 127 cm³/mol. The number of aliphatic hydroxyl groups is 1. The fraction of sp³-hybridized carbons (Fsp3) is 0.240. The highest BCUT2D eigenvalue weighted by Crippen LogP contribution is 2.26. The molecule has 1 amide bonds. The molecule has 2 N–H and O–H groups in total. The van der Waals surface area contributed by atoms with E-state index in [4.69, 9.17) is 14.9 Å². The van der Waals surface area contributed by atoms with Gasteiger partial charge in [-0.2, -0.15) is 0 Å². The number of pyridine rings is 2. The van der Waals surface area contributed by atoms with Gasteiger partial charge in [-0.15, -0.1) is 5.10 Å². The lowest BCUT2D eigenvalue weighted by atomic mass is 9.96. The number of hydrogen-bond acceptors (Lipinski definition) is 7. The highest BCUT2D eigenvalue weighted by molar-refractivity contribution is 5.95. The molecule has 0 bridgehead atoms. The Morgan fingerprint density at radius 3 is 2.97 bits per heavy atom. The number of fused-ring (bicyclic) bond motifs is 2. The Labute approximate surface area is 196 Å². The van der Waals surface area contributed by atoms with Gasteiger partial charge in [-0.25, -0.2) is 15.1 Å². The third kappa shape index (κ3) is 4.43. The molecule has 9 heteroatoms. The van der Waals surface area contributed by atoms with Crippen molar-refractivity contribution in [3.63, 3.8) is 0 Å². The molecular weight excluding hydrogens is 432 g/mol. The largest absolute Gasteiger partial charge is 0.394 e. The minimum Gasteiger partial charge on any atom is -0.394 e. The first kappa shape index (κ1) is 21.9. The van der Waals surface area contributed by atoms with Gasteiger partial charge in [0.05, 0.1) is 25.5 Å². The lowest BCUT2D eigenvalue weighted by molar-refractivity contribution is 0.0168. The van der Waals surface area contributed by atoms with Gasteiger partial charge in [0.25, 0.3) is 5.91 Å². The number of amides is 1. The molecule has 0 spiro atoms. The average molecular weight is 457 g/mol. The van der Waals surface area contributed by atoms with E-state index in [0.29, 0.717) is 17.8 Å². The molecule has 1 aliphatic rings. The second kappa shape index (κ2) is 9.50. The zero-order chi connectivity index (χ0) is 23.5. The maximum atomic E-state index is 12.3. The van der Waals surface area contributed by atoms with Crippen molar-refractivity contribution in [3.05, 3.63) is 76.6 Å². The van der Waals surface area contributed by atoms with Crippen molar-refractivity contribution in [2.75, 3.05) is 13.2 Å². The number of nitrogens with one attached hydrogen (secondary N) is 1. The van der Waals surface area contributed by atoms with E-state index in [0.717, 1.165) is 46.4 Å². The normalized spacial score (nSPS) is 12.9. The van der Waals surface area contributed by atoms with E-state index >= 15 is 0 Å². The van der Waals surface area contributed by atoms with Crippen molar-refractivity contribution in [2.45, 2.75) is 26.3 Å². The molecule has 34 heavy (non-hydrogen) atoms. The van der Waals surface area contributed by atoms with Gasteiger partial charge < -0.3 is 5.11 Å². The van der Waals surface area contributed by atoms with Crippen LogP contribution >= 0.6 is 0 Å². The van der Waals surface area contributed by atoms with Crippen LogP contribution in [0.1, 0.15) is 33.6 Å². The van der Waals surface area contributed by atoms with E-state index in [1.165, 1.54) is 5.57 Å². The van der Waals surface area contributed by atoms with Crippen LogP contribution in [0.2, 0.25) is 0 Å². The molecule has 1 aliphatic carbocycles. The Bertz CT molecular complexity index is 1390. The summed E-state index contributed by atoms with van der Waals surface area (Å²) in [5, 5.41) is 17.4. The molecule has 0 unspecified atom stereocenters. The minimum atomic E-state index is -0.360. The summed E-state index contributed by atoms with van der Waals surface area (Å²) >= 11 is 0. The summed E-state index contributed by atoms with van der Waals surface area (Å²) in [7, 11) is 0. The van der Waals surface area contributed by atoms with Crippen LogP contribution in [0.5, 0.6) is 0 Å². The second-order valence-electron chi connectivity index (χ2n) is 8.16. The number of carbonyl (C=O) groups is 1. The van der Waals surface area contributed by atoms with Crippen molar-refractivity contribution in [1.29, 1.82) is 0 Å². The van der Waals surface area contributed by atoms with Crippen LogP contribution < -0.4 is 5.48 Å². The summed E-state index contributed by atoms with van der Waals surface area (Å²) in [5.41, 5.74) is 10.3. The number of aryl methyl sites for hydroxylation is 2. The molecule has 172 valence electrons. The number of allylic oxidation sites excluding steroid dienone is 1. The van der Waals surface area contributed by atoms with Crippen LogP contribution in [-0.2, 0) is 17.8 Å². The van der Waals surface area contributed by atoms with Gasteiger partial charge in [0.2, 0.25) is 0 Å². The molecule has 0 fully saturated rings. The molecule has 1 aromatic carbocycles. The van der Waals surface area contributed by atoms with Crippen molar-refractivity contribution in [1.82, 2.24) is 30.4 Å². The third-order valence-electron chi connectivity index (χ3n) is 5.81. The number of aliphatic hydroxyl groups excluding tert-OH is 1. The van der Waals surface area contributed by atoms with Gasteiger partial charge in [0.15, 0.2) is 5.65 Å². The van der Waals surface area contributed by atoms with Crippen LogP contribution in [0.4, 0.5) is 0 Å². The van der Waals surface area contributed by atoms with Crippen LogP contribution in [-0.4, -0.2) is 49.2 Å². The zero-order valence-corrected chi connectivity index (χ0v) is 18.7. The topological polar surface area (TPSA) is 115 Å². The quantitative estimate of drug-likeness (QED) is 0.325. The number of benzene rings is 1. The molecule has 3 aromatic heterocycles. The highest BCUT2D eigenvalue weighted by atomic mass is 16.7. The maximum Gasteiger partial charge on any atom is 0.275 e. The molecule has 0 saturated carbocycles. The summed E-state index contributed by atoms with van der Waals surface area (Å²) in [6.45, 7) is 2.35. The average Bonchev–Trinajstić information content (AvgIpc) is 3.26. The van der Waals surface area contributed by atoms with Gasteiger partial charge in [-0.05, 0) is 66.8 Å². The molecule has 0 atom stereocenters. The van der Waals surface area contributed by atoms with Gasteiger partial charge in [0.1, 0.15) is 5.52 Å². The summed E-state index contributed by atoms with van der Waals surface area (Å²) in [6.07, 6.45) is 5.85. The Morgan fingerprint density at radius 2 is 2.12 bits per heavy atom. The van der Waals surface area contributed by atoms with Gasteiger partial charge >= 0.3 is 0 Å². The van der Waals surface area contributed by atoms with E-state index in [1.807, 2.05) is 48.1 Å².